The summed E-state index contributed by atoms with van der Waals surface area (Å²) in [6.07, 6.45) is 0. The van der Waals surface area contributed by atoms with Gasteiger partial charge in [-0.1, -0.05) is 17.3 Å². The monoisotopic (exact) mass is 378 g/mol. The first-order valence-electron chi connectivity index (χ1n) is 8.43. The van der Waals surface area contributed by atoms with Gasteiger partial charge in [0.2, 0.25) is 5.82 Å². The van der Waals surface area contributed by atoms with Crippen molar-refractivity contribution in [2.45, 2.75) is 6.54 Å². The SMILES string of the molecule is COc1ccc(Cn2nc(-c3nc(-c4ccc(F)cc4)no3)ccc2=O)cc1. The van der Waals surface area contributed by atoms with Gasteiger partial charge in [0, 0.05) is 11.6 Å². The molecule has 140 valence electrons. The predicted octanol–water partition coefficient (Wildman–Crippen LogP) is 3.16. The van der Waals surface area contributed by atoms with Crippen LogP contribution in [0.3, 0.4) is 0 Å². The van der Waals surface area contributed by atoms with Crippen LogP contribution in [0.2, 0.25) is 0 Å². The quantitative estimate of drug-likeness (QED) is 0.531. The fraction of sp³-hybridized carbons (Fsp3) is 0.100. The van der Waals surface area contributed by atoms with Crippen LogP contribution >= 0.6 is 0 Å². The lowest BCUT2D eigenvalue weighted by atomic mass is 10.2. The van der Waals surface area contributed by atoms with E-state index in [2.05, 4.69) is 15.2 Å². The Morgan fingerprint density at radius 2 is 1.79 bits per heavy atom. The number of rotatable bonds is 5. The van der Waals surface area contributed by atoms with E-state index in [0.29, 0.717) is 17.1 Å². The third-order valence-electron chi connectivity index (χ3n) is 4.11. The number of nitrogens with zero attached hydrogens (tertiary/aromatic N) is 4. The Balaban J connectivity index is 1.61. The maximum Gasteiger partial charge on any atom is 0.278 e. The van der Waals surface area contributed by atoms with Gasteiger partial charge in [0.15, 0.2) is 0 Å². The molecule has 0 unspecified atom stereocenters. The molecule has 0 fully saturated rings. The van der Waals surface area contributed by atoms with E-state index >= 15 is 0 Å². The number of benzene rings is 2. The number of hydrogen-bond acceptors (Lipinski definition) is 6. The highest BCUT2D eigenvalue weighted by atomic mass is 19.1. The minimum atomic E-state index is -0.347. The van der Waals surface area contributed by atoms with Gasteiger partial charge in [-0.15, -0.1) is 0 Å². The first-order chi connectivity index (χ1) is 13.6. The van der Waals surface area contributed by atoms with Crippen LogP contribution in [0.4, 0.5) is 4.39 Å². The Morgan fingerprint density at radius 1 is 1.04 bits per heavy atom. The van der Waals surface area contributed by atoms with Crippen molar-refractivity contribution in [2.75, 3.05) is 7.11 Å². The van der Waals surface area contributed by atoms with Crippen molar-refractivity contribution in [1.82, 2.24) is 19.9 Å². The van der Waals surface area contributed by atoms with E-state index in [4.69, 9.17) is 9.26 Å². The number of methoxy groups -OCH3 is 1. The molecular weight excluding hydrogens is 363 g/mol. The summed E-state index contributed by atoms with van der Waals surface area (Å²) in [7, 11) is 1.59. The van der Waals surface area contributed by atoms with Gasteiger partial charge in [0.1, 0.15) is 17.3 Å². The molecule has 0 N–H and O–H groups in total. The lowest BCUT2D eigenvalue weighted by Gasteiger charge is -2.06. The van der Waals surface area contributed by atoms with E-state index in [1.807, 2.05) is 24.3 Å². The van der Waals surface area contributed by atoms with Crippen LogP contribution in [0.1, 0.15) is 5.56 Å². The van der Waals surface area contributed by atoms with Crippen LogP contribution in [-0.4, -0.2) is 27.0 Å². The molecule has 2 aromatic carbocycles. The van der Waals surface area contributed by atoms with Crippen LogP contribution in [0.5, 0.6) is 5.75 Å². The molecule has 0 aliphatic rings. The van der Waals surface area contributed by atoms with Gasteiger partial charge in [-0.25, -0.2) is 9.07 Å². The van der Waals surface area contributed by atoms with E-state index < -0.39 is 0 Å². The van der Waals surface area contributed by atoms with Crippen LogP contribution in [0.25, 0.3) is 23.0 Å². The van der Waals surface area contributed by atoms with Crippen LogP contribution in [-0.2, 0) is 6.54 Å². The third-order valence-corrected chi connectivity index (χ3v) is 4.11. The summed E-state index contributed by atoms with van der Waals surface area (Å²) < 4.78 is 24.8. The molecule has 0 aliphatic heterocycles. The lowest BCUT2D eigenvalue weighted by Crippen LogP contribution is -2.22. The molecule has 0 amide bonds. The molecule has 0 radical (unpaired) electrons. The van der Waals surface area contributed by atoms with E-state index in [9.17, 15) is 9.18 Å². The highest BCUT2D eigenvalue weighted by molar-refractivity contribution is 5.57. The maximum atomic E-state index is 13.1. The van der Waals surface area contributed by atoms with Crippen molar-refractivity contribution in [2.24, 2.45) is 0 Å². The molecule has 28 heavy (non-hydrogen) atoms. The molecule has 0 atom stereocenters. The average molecular weight is 378 g/mol. The minimum absolute atomic E-state index is 0.169. The predicted molar refractivity (Wildman–Crippen MR) is 99.3 cm³/mol. The normalized spacial score (nSPS) is 10.8. The Bertz CT molecular complexity index is 1150. The Hall–Kier alpha value is -3.81. The summed E-state index contributed by atoms with van der Waals surface area (Å²) in [4.78, 5) is 16.4. The molecule has 0 bridgehead atoms. The highest BCUT2D eigenvalue weighted by Crippen LogP contribution is 2.20. The van der Waals surface area contributed by atoms with E-state index in [1.54, 1.807) is 19.2 Å². The Morgan fingerprint density at radius 3 is 2.50 bits per heavy atom. The van der Waals surface area contributed by atoms with Gasteiger partial charge in [0.25, 0.3) is 11.4 Å². The molecule has 4 rings (SSSR count). The molecule has 2 aromatic heterocycles. The summed E-state index contributed by atoms with van der Waals surface area (Å²) in [5, 5.41) is 8.22. The summed E-state index contributed by atoms with van der Waals surface area (Å²) in [6, 6.07) is 16.0. The molecule has 7 nitrogen and oxygen atoms in total. The van der Waals surface area contributed by atoms with Gasteiger partial charge in [0.05, 0.1) is 13.7 Å². The van der Waals surface area contributed by atoms with Crippen molar-refractivity contribution in [3.63, 3.8) is 0 Å². The largest absolute Gasteiger partial charge is 0.497 e. The number of aromatic nitrogens is 4. The zero-order valence-electron chi connectivity index (χ0n) is 14.9. The molecule has 0 spiro atoms. The zero-order chi connectivity index (χ0) is 19.5. The molecule has 4 aromatic rings. The fourth-order valence-corrected chi connectivity index (χ4v) is 2.62. The first kappa shape index (κ1) is 17.6. The lowest BCUT2D eigenvalue weighted by molar-refractivity contribution is 0.414. The molecule has 2 heterocycles. The van der Waals surface area contributed by atoms with E-state index in [-0.39, 0.29) is 23.8 Å². The second-order valence-electron chi connectivity index (χ2n) is 5.99. The van der Waals surface area contributed by atoms with Crippen molar-refractivity contribution in [3.05, 3.63) is 82.4 Å². The minimum Gasteiger partial charge on any atom is -0.497 e. The van der Waals surface area contributed by atoms with E-state index in [1.165, 1.54) is 28.9 Å². The summed E-state index contributed by atoms with van der Waals surface area (Å²) in [5.74, 6) is 0.865. The fourth-order valence-electron chi connectivity index (χ4n) is 2.62. The molecule has 0 aliphatic carbocycles. The molecule has 8 heteroatoms. The first-order valence-corrected chi connectivity index (χ1v) is 8.43. The number of ether oxygens (including phenoxy) is 1. The Labute approximate surface area is 159 Å². The zero-order valence-corrected chi connectivity index (χ0v) is 14.9. The van der Waals surface area contributed by atoms with E-state index in [0.717, 1.165) is 11.3 Å². The van der Waals surface area contributed by atoms with Crippen LogP contribution in [0, 0.1) is 5.82 Å². The summed E-state index contributed by atoms with van der Waals surface area (Å²) in [5.41, 5.74) is 1.62. The summed E-state index contributed by atoms with van der Waals surface area (Å²) in [6.45, 7) is 0.287. The van der Waals surface area contributed by atoms with Gasteiger partial charge in [-0.05, 0) is 48.0 Å². The van der Waals surface area contributed by atoms with Crippen molar-refractivity contribution < 1.29 is 13.7 Å². The van der Waals surface area contributed by atoms with Crippen LogP contribution in [0.15, 0.2) is 70.0 Å². The van der Waals surface area contributed by atoms with Gasteiger partial charge in [-0.2, -0.15) is 10.1 Å². The second kappa shape index (κ2) is 7.43. The highest BCUT2D eigenvalue weighted by Gasteiger charge is 2.13. The van der Waals surface area contributed by atoms with Gasteiger partial charge >= 0.3 is 0 Å². The number of halogens is 1. The standard InChI is InChI=1S/C20H15FN4O3/c1-27-16-8-2-13(3-9-16)12-25-18(26)11-10-17(23-25)20-22-19(24-28-20)14-4-6-15(21)7-5-14/h2-11H,12H2,1H3. The number of hydrogen-bond donors (Lipinski definition) is 0. The maximum absolute atomic E-state index is 13.1. The smallest absolute Gasteiger partial charge is 0.278 e. The van der Waals surface area contributed by atoms with Crippen LogP contribution < -0.4 is 10.3 Å². The van der Waals surface area contributed by atoms with Gasteiger partial charge in [-0.3, -0.25) is 4.79 Å². The molecular formula is C20H15FN4O3. The van der Waals surface area contributed by atoms with Crippen molar-refractivity contribution in [3.8, 4) is 28.7 Å². The summed E-state index contributed by atoms with van der Waals surface area (Å²) >= 11 is 0. The molecule has 0 saturated carbocycles. The second-order valence-corrected chi connectivity index (χ2v) is 5.99. The van der Waals surface area contributed by atoms with Crippen molar-refractivity contribution in [1.29, 1.82) is 0 Å². The van der Waals surface area contributed by atoms with Crippen molar-refractivity contribution >= 4 is 0 Å². The third kappa shape index (κ3) is 3.66. The Kier molecular flexibility index (Phi) is 4.67. The molecule has 0 saturated heterocycles. The average Bonchev–Trinajstić information content (AvgIpc) is 3.21. The van der Waals surface area contributed by atoms with Gasteiger partial charge < -0.3 is 9.26 Å². The topological polar surface area (TPSA) is 83.0 Å².